The molecule has 0 aromatic rings. The Morgan fingerprint density at radius 3 is 1.55 bits per heavy atom. The normalized spacial score (nSPS) is 17.5. The number of hydrogen-bond acceptors (Lipinski definition) is 0. The van der Waals surface area contributed by atoms with Gasteiger partial charge in [-0.3, -0.25) is 0 Å². The lowest BCUT2D eigenvalue weighted by atomic mass is 9.83. The van der Waals surface area contributed by atoms with Crippen LogP contribution in [0.2, 0.25) is 0 Å². The van der Waals surface area contributed by atoms with E-state index in [1.54, 1.807) is 0 Å². The van der Waals surface area contributed by atoms with Gasteiger partial charge in [0.1, 0.15) is 0 Å². The summed E-state index contributed by atoms with van der Waals surface area (Å²) in [5.41, 5.74) is 0. The molecule has 22 heavy (non-hydrogen) atoms. The first-order valence-electron chi connectivity index (χ1n) is 10.4. The highest BCUT2D eigenvalue weighted by molar-refractivity contribution is 4.66. The van der Waals surface area contributed by atoms with Gasteiger partial charge in [0.2, 0.25) is 0 Å². The van der Waals surface area contributed by atoms with Crippen molar-refractivity contribution in [3.8, 4) is 0 Å². The van der Waals surface area contributed by atoms with Crippen LogP contribution in [0.15, 0.2) is 0 Å². The zero-order valence-corrected chi connectivity index (χ0v) is 17.0. The van der Waals surface area contributed by atoms with Crippen molar-refractivity contribution in [2.45, 2.75) is 113 Å². The largest absolute Gasteiger partial charge is 0.0651 e. The third kappa shape index (κ3) is 12.5. The maximum absolute atomic E-state index is 2.47. The van der Waals surface area contributed by atoms with Crippen LogP contribution >= 0.6 is 0 Å². The van der Waals surface area contributed by atoms with E-state index in [-0.39, 0.29) is 0 Å². The van der Waals surface area contributed by atoms with Crippen molar-refractivity contribution in [2.24, 2.45) is 29.6 Å². The average Bonchev–Trinajstić information content (AvgIpc) is 2.47. The van der Waals surface area contributed by atoms with Crippen LogP contribution in [0.25, 0.3) is 0 Å². The van der Waals surface area contributed by atoms with Crippen LogP contribution in [0.3, 0.4) is 0 Å². The Hall–Kier alpha value is 0. The highest BCUT2D eigenvalue weighted by Crippen LogP contribution is 2.26. The predicted molar refractivity (Wildman–Crippen MR) is 103 cm³/mol. The van der Waals surface area contributed by atoms with E-state index in [9.17, 15) is 0 Å². The second-order valence-electron chi connectivity index (χ2n) is 8.77. The molecule has 134 valence electrons. The lowest BCUT2D eigenvalue weighted by molar-refractivity contribution is 0.286. The Kier molecular flexibility index (Phi) is 13.4. The minimum absolute atomic E-state index is 0.884. The van der Waals surface area contributed by atoms with E-state index < -0.39 is 0 Å². The van der Waals surface area contributed by atoms with Gasteiger partial charge in [-0.1, -0.05) is 106 Å². The first-order valence-corrected chi connectivity index (χ1v) is 10.4. The van der Waals surface area contributed by atoms with Crippen molar-refractivity contribution >= 4 is 0 Å². The number of unbranched alkanes of at least 4 members (excludes halogenated alkanes) is 2. The van der Waals surface area contributed by atoms with Gasteiger partial charge in [-0.2, -0.15) is 0 Å². The maximum atomic E-state index is 2.47. The SMILES string of the molecule is CCC(C)CC(C)C(C)CCCCC(C)CCCCC(C)C. The molecular weight excluding hydrogens is 264 g/mol. The smallest absolute Gasteiger partial charge is 0.0414 e. The molecule has 0 spiro atoms. The molecule has 0 bridgehead atoms. The Morgan fingerprint density at radius 2 is 1.05 bits per heavy atom. The average molecular weight is 311 g/mol. The molecule has 0 heteroatoms. The summed E-state index contributed by atoms with van der Waals surface area (Å²) in [6.45, 7) is 16.8. The van der Waals surface area contributed by atoms with E-state index in [4.69, 9.17) is 0 Å². The third-order valence-corrected chi connectivity index (χ3v) is 5.78. The fourth-order valence-electron chi connectivity index (χ4n) is 3.47. The van der Waals surface area contributed by atoms with E-state index in [2.05, 4.69) is 48.5 Å². The second-order valence-corrected chi connectivity index (χ2v) is 8.77. The topological polar surface area (TPSA) is 0 Å². The van der Waals surface area contributed by atoms with Crippen molar-refractivity contribution < 1.29 is 0 Å². The van der Waals surface area contributed by atoms with Gasteiger partial charge in [-0.05, 0) is 36.0 Å². The summed E-state index contributed by atoms with van der Waals surface area (Å²) >= 11 is 0. The molecule has 0 rings (SSSR count). The van der Waals surface area contributed by atoms with Crippen molar-refractivity contribution in [3.05, 3.63) is 0 Å². The van der Waals surface area contributed by atoms with Crippen LogP contribution in [0.4, 0.5) is 0 Å². The van der Waals surface area contributed by atoms with Crippen molar-refractivity contribution in [3.63, 3.8) is 0 Å². The van der Waals surface area contributed by atoms with Crippen molar-refractivity contribution in [1.82, 2.24) is 0 Å². The summed E-state index contributed by atoms with van der Waals surface area (Å²) in [7, 11) is 0. The molecule has 0 N–H and O–H groups in total. The van der Waals surface area contributed by atoms with Crippen molar-refractivity contribution in [1.29, 1.82) is 0 Å². The van der Waals surface area contributed by atoms with Crippen molar-refractivity contribution in [2.75, 3.05) is 0 Å². The van der Waals surface area contributed by atoms with Gasteiger partial charge in [-0.25, -0.2) is 0 Å². The molecule has 0 fully saturated rings. The van der Waals surface area contributed by atoms with Crippen LogP contribution in [0.5, 0.6) is 0 Å². The Morgan fingerprint density at radius 1 is 0.545 bits per heavy atom. The molecule has 0 aromatic heterocycles. The van der Waals surface area contributed by atoms with Gasteiger partial charge in [-0.15, -0.1) is 0 Å². The molecule has 0 aliphatic rings. The van der Waals surface area contributed by atoms with Gasteiger partial charge in [0, 0.05) is 0 Å². The molecule has 0 heterocycles. The zero-order chi connectivity index (χ0) is 17.0. The van der Waals surface area contributed by atoms with Crippen LogP contribution in [0, 0.1) is 29.6 Å². The first-order chi connectivity index (χ1) is 10.4. The summed E-state index contributed by atoms with van der Waals surface area (Å²) in [6.07, 6.45) is 14.3. The summed E-state index contributed by atoms with van der Waals surface area (Å²) in [5, 5.41) is 0. The predicted octanol–water partition coefficient (Wildman–Crippen LogP) is 8.11. The summed E-state index contributed by atoms with van der Waals surface area (Å²) < 4.78 is 0. The molecule has 0 radical (unpaired) electrons. The molecule has 0 saturated heterocycles. The molecule has 4 atom stereocenters. The summed E-state index contributed by atoms with van der Waals surface area (Å²) in [6, 6.07) is 0. The second kappa shape index (κ2) is 13.4. The Balaban J connectivity index is 3.57. The van der Waals surface area contributed by atoms with E-state index in [0.717, 1.165) is 29.6 Å². The molecule has 4 unspecified atom stereocenters. The fraction of sp³-hybridized carbons (Fsp3) is 1.00. The van der Waals surface area contributed by atoms with Crippen LogP contribution in [0.1, 0.15) is 113 Å². The lowest BCUT2D eigenvalue weighted by Crippen LogP contribution is -2.11. The van der Waals surface area contributed by atoms with E-state index >= 15 is 0 Å². The molecule has 0 amide bonds. The molecule has 0 aromatic carbocycles. The first kappa shape index (κ1) is 22.0. The minimum atomic E-state index is 0.884. The molecule has 0 nitrogen and oxygen atoms in total. The highest BCUT2D eigenvalue weighted by Gasteiger charge is 2.14. The van der Waals surface area contributed by atoms with E-state index in [1.165, 1.54) is 64.2 Å². The zero-order valence-electron chi connectivity index (χ0n) is 17.0. The van der Waals surface area contributed by atoms with E-state index in [0.29, 0.717) is 0 Å². The molecule has 0 aliphatic heterocycles. The summed E-state index contributed by atoms with van der Waals surface area (Å²) in [5.74, 6) is 4.55. The van der Waals surface area contributed by atoms with Gasteiger partial charge in [0.25, 0.3) is 0 Å². The number of hydrogen-bond donors (Lipinski definition) is 0. The van der Waals surface area contributed by atoms with Crippen LogP contribution in [-0.2, 0) is 0 Å². The van der Waals surface area contributed by atoms with Gasteiger partial charge >= 0.3 is 0 Å². The maximum Gasteiger partial charge on any atom is -0.0414 e. The van der Waals surface area contributed by atoms with Crippen LogP contribution < -0.4 is 0 Å². The van der Waals surface area contributed by atoms with Crippen LogP contribution in [-0.4, -0.2) is 0 Å². The lowest BCUT2D eigenvalue weighted by Gasteiger charge is -2.23. The minimum Gasteiger partial charge on any atom is -0.0651 e. The molecule has 0 saturated carbocycles. The monoisotopic (exact) mass is 310 g/mol. The molecular formula is C22H46. The van der Waals surface area contributed by atoms with Gasteiger partial charge in [0.05, 0.1) is 0 Å². The Labute approximate surface area is 142 Å². The quantitative estimate of drug-likeness (QED) is 0.284. The third-order valence-electron chi connectivity index (χ3n) is 5.78. The van der Waals surface area contributed by atoms with Gasteiger partial charge in [0.15, 0.2) is 0 Å². The molecule has 0 aliphatic carbocycles. The summed E-state index contributed by atoms with van der Waals surface area (Å²) in [4.78, 5) is 0. The standard InChI is InChI=1S/C22H46/c1-8-19(4)17-22(7)21(6)16-12-11-15-20(5)14-10-9-13-18(2)3/h18-22H,8-17H2,1-7H3. The van der Waals surface area contributed by atoms with Gasteiger partial charge < -0.3 is 0 Å². The number of rotatable bonds is 14. The highest BCUT2D eigenvalue weighted by atomic mass is 14.2. The fourth-order valence-corrected chi connectivity index (χ4v) is 3.47. The Bertz CT molecular complexity index is 230. The van der Waals surface area contributed by atoms with E-state index in [1.807, 2.05) is 0 Å².